The quantitative estimate of drug-likeness (QED) is 0.212. The van der Waals surface area contributed by atoms with Crippen LogP contribution >= 0.6 is 11.3 Å². The van der Waals surface area contributed by atoms with Crippen molar-refractivity contribution in [1.29, 1.82) is 0 Å². The van der Waals surface area contributed by atoms with Crippen LogP contribution in [0.1, 0.15) is 39.5 Å². The highest BCUT2D eigenvalue weighted by Crippen LogP contribution is 2.44. The first-order valence-corrected chi connectivity index (χ1v) is 12.4. The number of ether oxygens (including phenoxy) is 2. The van der Waals surface area contributed by atoms with E-state index in [1.165, 1.54) is 12.0 Å². The first-order chi connectivity index (χ1) is 17.7. The number of rotatable bonds is 7. The molecule has 9 nitrogen and oxygen atoms in total. The molecule has 1 saturated heterocycles. The molecule has 0 radical (unpaired) electrons. The van der Waals surface area contributed by atoms with E-state index in [9.17, 15) is 19.5 Å². The maximum absolute atomic E-state index is 13.4. The number of esters is 1. The molecule has 4 rings (SSSR count). The summed E-state index contributed by atoms with van der Waals surface area (Å²) in [6, 6.07) is 12.9. The van der Waals surface area contributed by atoms with E-state index in [4.69, 9.17) is 9.47 Å². The van der Waals surface area contributed by atoms with E-state index in [0.717, 1.165) is 17.0 Å². The van der Waals surface area contributed by atoms with Crippen LogP contribution in [0, 0.1) is 6.92 Å². The van der Waals surface area contributed by atoms with Gasteiger partial charge < -0.3 is 19.5 Å². The molecule has 10 heteroatoms. The van der Waals surface area contributed by atoms with Crippen molar-refractivity contribution in [2.24, 2.45) is 0 Å². The highest BCUT2D eigenvalue weighted by Gasteiger charge is 2.48. The van der Waals surface area contributed by atoms with Gasteiger partial charge in [0, 0.05) is 25.3 Å². The molecule has 1 aliphatic rings. The van der Waals surface area contributed by atoms with Gasteiger partial charge >= 0.3 is 11.9 Å². The number of aromatic nitrogens is 1. The summed E-state index contributed by atoms with van der Waals surface area (Å²) in [6.45, 7) is 3.53. The van der Waals surface area contributed by atoms with Crippen LogP contribution in [0.5, 0.6) is 5.75 Å². The summed E-state index contributed by atoms with van der Waals surface area (Å²) in [5.41, 5.74) is 2.15. The number of nitrogens with zero attached hydrogens (tertiary/aromatic N) is 3. The number of thiazole rings is 1. The molecular weight excluding hydrogens is 494 g/mol. The lowest BCUT2D eigenvalue weighted by Crippen LogP contribution is -2.29. The number of hydrogen-bond acceptors (Lipinski definition) is 9. The van der Waals surface area contributed by atoms with Crippen LogP contribution < -0.4 is 14.5 Å². The average molecular weight is 522 g/mol. The molecule has 2 aromatic carbocycles. The minimum Gasteiger partial charge on any atom is -0.507 e. The van der Waals surface area contributed by atoms with Crippen LogP contribution in [0.15, 0.2) is 54.1 Å². The van der Waals surface area contributed by atoms with E-state index in [1.54, 1.807) is 50.2 Å². The zero-order valence-corrected chi connectivity index (χ0v) is 22.0. The van der Waals surface area contributed by atoms with E-state index in [0.29, 0.717) is 22.6 Å². The van der Waals surface area contributed by atoms with Crippen LogP contribution in [0.2, 0.25) is 0 Å². The molecule has 1 aromatic heterocycles. The number of aliphatic hydroxyl groups excluding tert-OH is 1. The van der Waals surface area contributed by atoms with Gasteiger partial charge in [-0.2, -0.15) is 0 Å². The van der Waals surface area contributed by atoms with Gasteiger partial charge in [-0.1, -0.05) is 35.6 Å². The van der Waals surface area contributed by atoms with Gasteiger partial charge in [-0.05, 0) is 43.7 Å². The van der Waals surface area contributed by atoms with Crippen LogP contribution in [-0.2, 0) is 14.3 Å². The SMILES string of the molecule is CCOC(=O)c1sc(N2C(=O)C(=O)C(=C(O)c3cccc(OC)c3)C2c2ccc(N(C)C)cc2)nc1C. The van der Waals surface area contributed by atoms with E-state index < -0.39 is 23.7 Å². The first-order valence-electron chi connectivity index (χ1n) is 11.5. The molecule has 1 atom stereocenters. The Labute approximate surface area is 218 Å². The molecule has 1 fully saturated rings. The Kier molecular flexibility index (Phi) is 7.30. The lowest BCUT2D eigenvalue weighted by Gasteiger charge is -2.23. The number of Topliss-reactive ketones (excluding diaryl/α,β-unsaturated/α-hetero) is 1. The lowest BCUT2D eigenvalue weighted by molar-refractivity contribution is -0.132. The largest absolute Gasteiger partial charge is 0.507 e. The molecule has 0 saturated carbocycles. The second-order valence-electron chi connectivity index (χ2n) is 8.52. The van der Waals surface area contributed by atoms with Crippen molar-refractivity contribution in [2.45, 2.75) is 19.9 Å². The summed E-state index contributed by atoms with van der Waals surface area (Å²) < 4.78 is 10.4. The standard InChI is InChI=1S/C27H27N3O6S/c1-6-36-26(34)24-15(2)28-27(37-24)30-21(16-10-12-18(13-11-16)29(3)4)20(23(32)25(30)33)22(31)17-8-7-9-19(14-17)35-5/h7-14,21,31H,6H2,1-5H3. The minimum atomic E-state index is -0.969. The number of methoxy groups -OCH3 is 1. The summed E-state index contributed by atoms with van der Waals surface area (Å²) in [5, 5.41) is 11.5. The fraction of sp³-hybridized carbons (Fsp3) is 0.259. The Morgan fingerprint density at radius 1 is 1.16 bits per heavy atom. The molecule has 1 N–H and O–H groups in total. The molecule has 2 heterocycles. The Morgan fingerprint density at radius 2 is 1.86 bits per heavy atom. The highest BCUT2D eigenvalue weighted by molar-refractivity contribution is 7.17. The molecule has 1 amide bonds. The van der Waals surface area contributed by atoms with E-state index in [1.807, 2.05) is 31.1 Å². The van der Waals surface area contributed by atoms with Crippen LogP contribution in [0.4, 0.5) is 10.8 Å². The van der Waals surface area contributed by atoms with Gasteiger partial charge in [0.25, 0.3) is 5.78 Å². The molecule has 0 aliphatic carbocycles. The number of aliphatic hydroxyl groups is 1. The second-order valence-corrected chi connectivity index (χ2v) is 9.50. The van der Waals surface area contributed by atoms with Gasteiger partial charge in [0.1, 0.15) is 16.4 Å². The van der Waals surface area contributed by atoms with Crippen molar-refractivity contribution in [3.05, 3.63) is 75.8 Å². The van der Waals surface area contributed by atoms with Crippen LogP contribution in [0.25, 0.3) is 5.76 Å². The monoisotopic (exact) mass is 521 g/mol. The van der Waals surface area contributed by atoms with Gasteiger partial charge in [0.05, 0.1) is 31.0 Å². The van der Waals surface area contributed by atoms with Crippen molar-refractivity contribution >= 4 is 45.6 Å². The third-order valence-corrected chi connectivity index (χ3v) is 7.10. The third-order valence-electron chi connectivity index (χ3n) is 5.97. The summed E-state index contributed by atoms with van der Waals surface area (Å²) in [6.07, 6.45) is 0. The van der Waals surface area contributed by atoms with Crippen LogP contribution in [-0.4, -0.2) is 55.6 Å². The second kappa shape index (κ2) is 10.4. The molecule has 0 bridgehead atoms. The van der Waals surface area contributed by atoms with E-state index in [2.05, 4.69) is 4.98 Å². The summed E-state index contributed by atoms with van der Waals surface area (Å²) in [7, 11) is 5.30. The lowest BCUT2D eigenvalue weighted by atomic mass is 9.95. The maximum atomic E-state index is 13.4. The molecule has 192 valence electrons. The molecule has 1 aliphatic heterocycles. The molecule has 0 spiro atoms. The van der Waals surface area contributed by atoms with Crippen molar-refractivity contribution in [1.82, 2.24) is 4.98 Å². The van der Waals surface area contributed by atoms with Gasteiger partial charge in [-0.25, -0.2) is 9.78 Å². The minimum absolute atomic E-state index is 0.0820. The Morgan fingerprint density at radius 3 is 2.49 bits per heavy atom. The fourth-order valence-corrected chi connectivity index (χ4v) is 5.08. The summed E-state index contributed by atoms with van der Waals surface area (Å²) >= 11 is 0.967. The average Bonchev–Trinajstić information content (AvgIpc) is 3.40. The van der Waals surface area contributed by atoms with Crippen LogP contribution in [0.3, 0.4) is 0 Å². The van der Waals surface area contributed by atoms with Crippen molar-refractivity contribution in [3.8, 4) is 5.75 Å². The molecular formula is C27H27N3O6S. The topological polar surface area (TPSA) is 109 Å². The van der Waals surface area contributed by atoms with Gasteiger partial charge in [-0.15, -0.1) is 0 Å². The zero-order chi connectivity index (χ0) is 26.9. The summed E-state index contributed by atoms with van der Waals surface area (Å²) in [5.74, 6) is -2.11. The Balaban J connectivity index is 1.91. The van der Waals surface area contributed by atoms with Crippen molar-refractivity contribution in [2.75, 3.05) is 37.6 Å². The zero-order valence-electron chi connectivity index (χ0n) is 21.1. The number of carbonyl (C=O) groups excluding carboxylic acids is 3. The maximum Gasteiger partial charge on any atom is 0.350 e. The Bertz CT molecular complexity index is 1390. The number of carbonyl (C=O) groups is 3. The van der Waals surface area contributed by atoms with Gasteiger partial charge in [0.15, 0.2) is 5.13 Å². The molecule has 3 aromatic rings. The number of ketones is 1. The van der Waals surface area contributed by atoms with Gasteiger partial charge in [-0.3, -0.25) is 14.5 Å². The number of hydrogen-bond donors (Lipinski definition) is 1. The smallest absolute Gasteiger partial charge is 0.350 e. The van der Waals surface area contributed by atoms with Crippen molar-refractivity contribution in [3.63, 3.8) is 0 Å². The number of amides is 1. The molecule has 1 unspecified atom stereocenters. The first kappa shape index (κ1) is 25.9. The molecule has 37 heavy (non-hydrogen) atoms. The highest BCUT2D eigenvalue weighted by atomic mass is 32.1. The Hall–Kier alpha value is -4.18. The normalized spacial score (nSPS) is 16.7. The van der Waals surface area contributed by atoms with Gasteiger partial charge in [0.2, 0.25) is 0 Å². The van der Waals surface area contributed by atoms with E-state index >= 15 is 0 Å². The predicted octanol–water partition coefficient (Wildman–Crippen LogP) is 4.33. The number of anilines is 2. The number of aryl methyl sites for hydroxylation is 1. The van der Waals surface area contributed by atoms with E-state index in [-0.39, 0.29) is 27.9 Å². The number of benzene rings is 2. The van der Waals surface area contributed by atoms with Crippen molar-refractivity contribution < 1.29 is 29.0 Å². The predicted molar refractivity (Wildman–Crippen MR) is 141 cm³/mol. The fourth-order valence-electron chi connectivity index (χ4n) is 4.10. The summed E-state index contributed by atoms with van der Waals surface area (Å²) in [4.78, 5) is 47.0. The third kappa shape index (κ3) is 4.79.